The van der Waals surface area contributed by atoms with E-state index in [1.165, 1.54) is 124 Å². The number of nitrogens with zero attached hydrogens (tertiary/aromatic N) is 2. The highest BCUT2D eigenvalue weighted by molar-refractivity contribution is 7.00. The Bertz CT molecular complexity index is 3610. The van der Waals surface area contributed by atoms with Gasteiger partial charge in [-0.25, -0.2) is 0 Å². The second kappa shape index (κ2) is 17.7. The highest BCUT2D eigenvalue weighted by Crippen LogP contribution is 2.55. The first-order valence-corrected chi connectivity index (χ1v) is 29.3. The maximum Gasteiger partial charge on any atom is 0.252 e. The third kappa shape index (κ3) is 8.34. The van der Waals surface area contributed by atoms with Crippen LogP contribution in [-0.2, 0) is 37.9 Å². The van der Waals surface area contributed by atoms with Gasteiger partial charge >= 0.3 is 0 Å². The normalized spacial score (nSPS) is 17.6. The summed E-state index contributed by atoms with van der Waals surface area (Å²) in [7, 11) is 0. The van der Waals surface area contributed by atoms with E-state index in [2.05, 4.69) is 284 Å². The van der Waals surface area contributed by atoms with Crippen molar-refractivity contribution in [2.24, 2.45) is 0 Å². The maximum atomic E-state index is 2.75. The first-order valence-electron chi connectivity index (χ1n) is 29.3. The van der Waals surface area contributed by atoms with Crippen LogP contribution < -0.4 is 26.2 Å². The van der Waals surface area contributed by atoms with Crippen LogP contribution in [0.5, 0.6) is 0 Å². The molecule has 2 aliphatic carbocycles. The molecule has 78 heavy (non-hydrogen) atoms. The van der Waals surface area contributed by atoms with Crippen LogP contribution in [0.2, 0.25) is 0 Å². The molecule has 0 bridgehead atoms. The van der Waals surface area contributed by atoms with Gasteiger partial charge in [-0.1, -0.05) is 226 Å². The second-order valence-electron chi connectivity index (χ2n) is 29.2. The van der Waals surface area contributed by atoms with Gasteiger partial charge in [0.15, 0.2) is 0 Å². The van der Waals surface area contributed by atoms with E-state index in [0.717, 1.165) is 19.3 Å². The molecule has 0 aromatic heterocycles. The molecule has 0 spiro atoms. The van der Waals surface area contributed by atoms with Gasteiger partial charge in [0.05, 0.1) is 5.69 Å². The van der Waals surface area contributed by atoms with Gasteiger partial charge < -0.3 is 9.80 Å². The molecule has 3 heteroatoms. The fourth-order valence-corrected chi connectivity index (χ4v) is 14.1. The van der Waals surface area contributed by atoms with Crippen molar-refractivity contribution in [2.45, 2.75) is 174 Å². The van der Waals surface area contributed by atoms with Gasteiger partial charge in [0.25, 0.3) is 6.71 Å². The second-order valence-corrected chi connectivity index (χ2v) is 29.2. The first kappa shape index (κ1) is 52.1. The molecular weight excluding hydrogens is 940 g/mol. The summed E-state index contributed by atoms with van der Waals surface area (Å²) in [6.07, 6.45) is 4.66. The van der Waals surface area contributed by atoms with Crippen molar-refractivity contribution in [1.29, 1.82) is 0 Å². The predicted molar refractivity (Wildman–Crippen MR) is 338 cm³/mol. The summed E-state index contributed by atoms with van der Waals surface area (Å²) in [5.74, 6) is 0. The topological polar surface area (TPSA) is 6.48 Å². The Labute approximate surface area is 469 Å². The summed E-state index contributed by atoms with van der Waals surface area (Å²) in [6, 6.07) is 64.5. The molecule has 0 atom stereocenters. The average Bonchev–Trinajstić information content (AvgIpc) is 3.61. The minimum absolute atomic E-state index is 0.00991. The smallest absolute Gasteiger partial charge is 0.252 e. The summed E-state index contributed by atoms with van der Waals surface area (Å²) in [4.78, 5) is 5.49. The summed E-state index contributed by atoms with van der Waals surface area (Å²) in [5, 5.41) is 0. The maximum absolute atomic E-state index is 2.75. The molecule has 0 fully saturated rings. The Hall–Kier alpha value is -6.58. The van der Waals surface area contributed by atoms with Crippen LogP contribution in [0.15, 0.2) is 164 Å². The standard InChI is InChI=1S/C75H83BN2/c1-69(2,3)52-40-55(48-26-20-17-21-27-48)68(56(41-52)49-28-22-18-23-29-49)78-63-35-32-51(75(15,16)50-30-24-19-25-31-50)42-61(63)76-62-46-59-60(74(13,14)39-38-73(59,11)12)47-64(62)77(65-43-53(70(4,5)6)44-66(78)67(65)76)54-33-34-57-58(45-54)72(9,10)37-36-71(57,7)8/h17-35,40-47H,36-39H2,1-16H3. The van der Waals surface area contributed by atoms with Crippen LogP contribution in [0.1, 0.15) is 181 Å². The number of hydrogen-bond donors (Lipinski definition) is 0. The molecular formula is C75H83BN2. The molecule has 0 saturated carbocycles. The molecule has 2 heterocycles. The molecule has 2 aliphatic heterocycles. The van der Waals surface area contributed by atoms with Gasteiger partial charge in [0, 0.05) is 45.0 Å². The molecule has 8 aromatic carbocycles. The Morgan fingerprint density at radius 2 is 0.808 bits per heavy atom. The zero-order chi connectivity index (χ0) is 55.3. The van der Waals surface area contributed by atoms with Crippen molar-refractivity contribution in [3.05, 3.63) is 208 Å². The molecule has 0 amide bonds. The fraction of sp³-hybridized carbons (Fsp3) is 0.360. The Morgan fingerprint density at radius 1 is 0.359 bits per heavy atom. The van der Waals surface area contributed by atoms with Crippen molar-refractivity contribution in [1.82, 2.24) is 0 Å². The van der Waals surface area contributed by atoms with Crippen molar-refractivity contribution < 1.29 is 0 Å². The summed E-state index contributed by atoms with van der Waals surface area (Å²) in [6.45, 7) is 39.0. The lowest BCUT2D eigenvalue weighted by atomic mass is 9.32. The van der Waals surface area contributed by atoms with Crippen LogP contribution >= 0.6 is 0 Å². The average molecular weight is 1020 g/mol. The molecule has 8 aromatic rings. The molecule has 396 valence electrons. The SMILES string of the molecule is CC(C)(C)c1cc(-c2ccccc2)c(N2c3ccc(C(C)(C)c4ccccc4)cc3B3c4cc5c(cc4N(c4ccc6c(c4)C(C)(C)CCC6(C)C)c4cc(C(C)(C)C)cc2c43)C(C)(C)CCC5(C)C)c(-c2ccccc2)c1. The monoisotopic (exact) mass is 1020 g/mol. The molecule has 0 saturated heterocycles. The van der Waals surface area contributed by atoms with Gasteiger partial charge in [0.2, 0.25) is 0 Å². The van der Waals surface area contributed by atoms with Crippen LogP contribution in [0.25, 0.3) is 22.3 Å². The van der Waals surface area contributed by atoms with Crippen molar-refractivity contribution >= 4 is 57.2 Å². The molecule has 0 radical (unpaired) electrons. The van der Waals surface area contributed by atoms with Crippen molar-refractivity contribution in [3.8, 4) is 22.3 Å². The van der Waals surface area contributed by atoms with E-state index in [1.807, 2.05) is 0 Å². The summed E-state index contributed by atoms with van der Waals surface area (Å²) in [5.41, 5.74) is 27.5. The van der Waals surface area contributed by atoms with Crippen LogP contribution in [0.3, 0.4) is 0 Å². The Morgan fingerprint density at radius 3 is 1.33 bits per heavy atom. The van der Waals surface area contributed by atoms with E-state index < -0.39 is 0 Å². The number of benzene rings is 8. The van der Waals surface area contributed by atoms with Crippen molar-refractivity contribution in [3.63, 3.8) is 0 Å². The van der Waals surface area contributed by atoms with E-state index in [0.29, 0.717) is 0 Å². The minimum atomic E-state index is -0.270. The quantitative estimate of drug-likeness (QED) is 0.153. The molecule has 2 nitrogen and oxygen atoms in total. The van der Waals surface area contributed by atoms with Crippen LogP contribution in [-0.4, -0.2) is 6.71 Å². The highest BCUT2D eigenvalue weighted by atomic mass is 15.2. The highest BCUT2D eigenvalue weighted by Gasteiger charge is 2.49. The molecule has 0 N–H and O–H groups in total. The van der Waals surface area contributed by atoms with Gasteiger partial charge in [-0.05, 0) is 179 Å². The largest absolute Gasteiger partial charge is 0.311 e. The lowest BCUT2D eigenvalue weighted by Gasteiger charge is -2.49. The van der Waals surface area contributed by atoms with Crippen LogP contribution in [0.4, 0.5) is 34.1 Å². The zero-order valence-corrected chi connectivity index (χ0v) is 49.9. The van der Waals surface area contributed by atoms with Gasteiger partial charge in [-0.2, -0.15) is 0 Å². The van der Waals surface area contributed by atoms with E-state index >= 15 is 0 Å². The lowest BCUT2D eigenvalue weighted by Crippen LogP contribution is -2.62. The van der Waals surface area contributed by atoms with Crippen molar-refractivity contribution in [2.75, 3.05) is 9.80 Å². The summed E-state index contributed by atoms with van der Waals surface area (Å²) >= 11 is 0. The third-order valence-electron chi connectivity index (χ3n) is 19.6. The van der Waals surface area contributed by atoms with E-state index in [4.69, 9.17) is 0 Å². The fourth-order valence-electron chi connectivity index (χ4n) is 14.1. The lowest BCUT2D eigenvalue weighted by molar-refractivity contribution is 0.332. The van der Waals surface area contributed by atoms with Gasteiger partial charge in [0.1, 0.15) is 0 Å². The summed E-state index contributed by atoms with van der Waals surface area (Å²) < 4.78 is 0. The van der Waals surface area contributed by atoms with E-state index in [9.17, 15) is 0 Å². The number of rotatable bonds is 6. The molecule has 12 rings (SSSR count). The van der Waals surface area contributed by atoms with Gasteiger partial charge in [-0.3, -0.25) is 0 Å². The molecule has 4 aliphatic rings. The number of anilines is 6. The van der Waals surface area contributed by atoms with E-state index in [1.54, 1.807) is 0 Å². The first-order chi connectivity index (χ1) is 36.7. The van der Waals surface area contributed by atoms with Gasteiger partial charge in [-0.15, -0.1) is 0 Å². The number of fused-ring (bicyclic) bond motifs is 6. The van der Waals surface area contributed by atoms with E-state index in [-0.39, 0.29) is 44.6 Å². The predicted octanol–water partition coefficient (Wildman–Crippen LogP) is 18.7. The minimum Gasteiger partial charge on any atom is -0.311 e. The zero-order valence-electron chi connectivity index (χ0n) is 49.9. The number of hydrogen-bond acceptors (Lipinski definition) is 2. The van der Waals surface area contributed by atoms with Crippen LogP contribution in [0, 0.1) is 0 Å². The molecule has 0 unspecified atom stereocenters. The Kier molecular flexibility index (Phi) is 11.8. The Balaban J connectivity index is 1.27. The third-order valence-corrected chi connectivity index (χ3v) is 19.6.